The molecule has 1 aromatic carbocycles. The summed E-state index contributed by atoms with van der Waals surface area (Å²) in [5, 5.41) is 1.02. The van der Waals surface area contributed by atoms with Crippen LogP contribution in [0.2, 0.25) is 0 Å². The average molecular weight is 256 g/mol. The SMILES string of the molecule is CCC1CCCCC1C(=O)c1cc2ccccc2o1. The molecule has 19 heavy (non-hydrogen) atoms. The number of para-hydroxylation sites is 1. The minimum Gasteiger partial charge on any atom is -0.453 e. The first-order valence-electron chi connectivity index (χ1n) is 7.32. The van der Waals surface area contributed by atoms with Crippen LogP contribution in [0, 0.1) is 11.8 Å². The summed E-state index contributed by atoms with van der Waals surface area (Å²) in [5.74, 6) is 1.46. The number of fused-ring (bicyclic) bond motifs is 1. The molecule has 1 saturated carbocycles. The highest BCUT2D eigenvalue weighted by Crippen LogP contribution is 2.35. The third kappa shape index (κ3) is 2.32. The Balaban J connectivity index is 1.89. The smallest absolute Gasteiger partial charge is 0.201 e. The molecule has 0 radical (unpaired) electrons. The summed E-state index contributed by atoms with van der Waals surface area (Å²) < 4.78 is 5.73. The van der Waals surface area contributed by atoms with Gasteiger partial charge in [-0.1, -0.05) is 44.4 Å². The second-order valence-electron chi connectivity index (χ2n) is 5.57. The Morgan fingerprint density at radius 1 is 1.26 bits per heavy atom. The predicted molar refractivity (Wildman–Crippen MR) is 76.3 cm³/mol. The molecule has 2 nitrogen and oxygen atoms in total. The third-order valence-corrected chi connectivity index (χ3v) is 4.44. The van der Waals surface area contributed by atoms with Gasteiger partial charge in [0.1, 0.15) is 5.58 Å². The van der Waals surface area contributed by atoms with E-state index in [1.165, 1.54) is 19.3 Å². The molecule has 0 bridgehead atoms. The summed E-state index contributed by atoms with van der Waals surface area (Å²) in [6.45, 7) is 2.19. The highest BCUT2D eigenvalue weighted by atomic mass is 16.3. The average Bonchev–Trinajstić information content (AvgIpc) is 2.90. The molecule has 2 heteroatoms. The Hall–Kier alpha value is -1.57. The van der Waals surface area contributed by atoms with E-state index in [4.69, 9.17) is 4.42 Å². The number of hydrogen-bond donors (Lipinski definition) is 0. The highest BCUT2D eigenvalue weighted by molar-refractivity contribution is 5.99. The van der Waals surface area contributed by atoms with Gasteiger partial charge in [-0.05, 0) is 30.9 Å². The summed E-state index contributed by atoms with van der Waals surface area (Å²) >= 11 is 0. The largest absolute Gasteiger partial charge is 0.453 e. The normalized spacial score (nSPS) is 23.6. The maximum absolute atomic E-state index is 12.6. The van der Waals surface area contributed by atoms with Crippen molar-refractivity contribution in [2.75, 3.05) is 0 Å². The Labute approximate surface area is 113 Å². The van der Waals surface area contributed by atoms with Gasteiger partial charge in [-0.15, -0.1) is 0 Å². The lowest BCUT2D eigenvalue weighted by molar-refractivity contribution is 0.0793. The van der Waals surface area contributed by atoms with Gasteiger partial charge in [-0.2, -0.15) is 0 Å². The van der Waals surface area contributed by atoms with Crippen molar-refractivity contribution in [3.63, 3.8) is 0 Å². The van der Waals surface area contributed by atoms with Gasteiger partial charge in [0.2, 0.25) is 5.78 Å². The second-order valence-corrected chi connectivity index (χ2v) is 5.57. The fourth-order valence-electron chi connectivity index (χ4n) is 3.33. The monoisotopic (exact) mass is 256 g/mol. The van der Waals surface area contributed by atoms with Crippen molar-refractivity contribution in [3.05, 3.63) is 36.1 Å². The summed E-state index contributed by atoms with van der Waals surface area (Å²) in [7, 11) is 0. The number of carbonyl (C=O) groups excluding carboxylic acids is 1. The first-order chi connectivity index (χ1) is 9.29. The Morgan fingerprint density at radius 2 is 2.05 bits per heavy atom. The summed E-state index contributed by atoms with van der Waals surface area (Å²) in [6.07, 6.45) is 5.74. The molecule has 100 valence electrons. The minimum atomic E-state index is 0.166. The van der Waals surface area contributed by atoms with Gasteiger partial charge in [-0.25, -0.2) is 0 Å². The molecule has 0 saturated heterocycles. The zero-order chi connectivity index (χ0) is 13.2. The molecule has 1 aliphatic rings. The van der Waals surface area contributed by atoms with E-state index in [1.807, 2.05) is 30.3 Å². The zero-order valence-corrected chi connectivity index (χ0v) is 11.4. The summed E-state index contributed by atoms with van der Waals surface area (Å²) in [5.41, 5.74) is 0.815. The van der Waals surface area contributed by atoms with E-state index in [-0.39, 0.29) is 11.7 Å². The van der Waals surface area contributed by atoms with Gasteiger partial charge in [0.15, 0.2) is 5.76 Å². The van der Waals surface area contributed by atoms with Crippen molar-refractivity contribution in [2.24, 2.45) is 11.8 Å². The first kappa shape index (κ1) is 12.5. The van der Waals surface area contributed by atoms with Crippen LogP contribution in [-0.4, -0.2) is 5.78 Å². The zero-order valence-electron chi connectivity index (χ0n) is 11.4. The highest BCUT2D eigenvalue weighted by Gasteiger charge is 2.31. The molecule has 2 aromatic rings. The maximum Gasteiger partial charge on any atom is 0.201 e. The van der Waals surface area contributed by atoms with Gasteiger partial charge >= 0.3 is 0 Å². The summed E-state index contributed by atoms with van der Waals surface area (Å²) in [4.78, 5) is 12.6. The van der Waals surface area contributed by atoms with Crippen molar-refractivity contribution >= 4 is 16.8 Å². The van der Waals surface area contributed by atoms with Gasteiger partial charge in [0.05, 0.1) is 0 Å². The molecule has 1 heterocycles. The molecule has 0 spiro atoms. The molecule has 0 N–H and O–H groups in total. The lowest BCUT2D eigenvalue weighted by Crippen LogP contribution is -2.26. The lowest BCUT2D eigenvalue weighted by atomic mass is 9.75. The molecule has 0 aliphatic heterocycles. The topological polar surface area (TPSA) is 30.2 Å². The van der Waals surface area contributed by atoms with E-state index in [9.17, 15) is 4.79 Å². The number of ketones is 1. The van der Waals surface area contributed by atoms with Crippen molar-refractivity contribution in [1.82, 2.24) is 0 Å². The molecule has 3 rings (SSSR count). The Bertz CT molecular complexity index is 549. The van der Waals surface area contributed by atoms with Crippen LogP contribution in [-0.2, 0) is 0 Å². The number of Topliss-reactive ketones (excluding diaryl/α,β-unsaturated/α-hetero) is 1. The van der Waals surface area contributed by atoms with Crippen LogP contribution in [0.4, 0.5) is 0 Å². The molecule has 0 amide bonds. The van der Waals surface area contributed by atoms with Gasteiger partial charge in [0, 0.05) is 11.3 Å². The molecule has 1 fully saturated rings. The van der Waals surface area contributed by atoms with E-state index in [0.717, 1.165) is 23.8 Å². The quantitative estimate of drug-likeness (QED) is 0.736. The van der Waals surface area contributed by atoms with E-state index in [2.05, 4.69) is 6.92 Å². The van der Waals surface area contributed by atoms with Crippen LogP contribution in [0.3, 0.4) is 0 Å². The fraction of sp³-hybridized carbons (Fsp3) is 0.471. The van der Waals surface area contributed by atoms with E-state index in [0.29, 0.717) is 11.7 Å². The van der Waals surface area contributed by atoms with Crippen LogP contribution in [0.1, 0.15) is 49.6 Å². The van der Waals surface area contributed by atoms with E-state index in [1.54, 1.807) is 0 Å². The molecule has 2 atom stereocenters. The van der Waals surface area contributed by atoms with E-state index < -0.39 is 0 Å². The molecule has 2 unspecified atom stereocenters. The van der Waals surface area contributed by atoms with Gasteiger partial charge < -0.3 is 4.42 Å². The Morgan fingerprint density at radius 3 is 2.84 bits per heavy atom. The number of rotatable bonds is 3. The summed E-state index contributed by atoms with van der Waals surface area (Å²) in [6, 6.07) is 9.73. The van der Waals surface area contributed by atoms with Crippen molar-refractivity contribution in [2.45, 2.75) is 39.0 Å². The Kier molecular flexibility index (Phi) is 3.41. The van der Waals surface area contributed by atoms with Crippen LogP contribution < -0.4 is 0 Å². The van der Waals surface area contributed by atoms with Crippen molar-refractivity contribution in [1.29, 1.82) is 0 Å². The lowest BCUT2D eigenvalue weighted by Gasteiger charge is -2.28. The number of hydrogen-bond acceptors (Lipinski definition) is 2. The number of benzene rings is 1. The standard InChI is InChI=1S/C17H20O2/c1-2-12-7-3-5-9-14(12)17(18)16-11-13-8-4-6-10-15(13)19-16/h4,6,8,10-12,14H,2-3,5,7,9H2,1H3. The molecule has 1 aromatic heterocycles. The van der Waals surface area contributed by atoms with Crippen LogP contribution >= 0.6 is 0 Å². The van der Waals surface area contributed by atoms with Crippen LogP contribution in [0.25, 0.3) is 11.0 Å². The molecular formula is C17H20O2. The van der Waals surface area contributed by atoms with Crippen LogP contribution in [0.5, 0.6) is 0 Å². The third-order valence-electron chi connectivity index (χ3n) is 4.44. The fourth-order valence-corrected chi connectivity index (χ4v) is 3.33. The van der Waals surface area contributed by atoms with E-state index >= 15 is 0 Å². The van der Waals surface area contributed by atoms with Gasteiger partial charge in [-0.3, -0.25) is 4.79 Å². The van der Waals surface area contributed by atoms with Gasteiger partial charge in [0.25, 0.3) is 0 Å². The molecular weight excluding hydrogens is 236 g/mol. The van der Waals surface area contributed by atoms with Crippen molar-refractivity contribution in [3.8, 4) is 0 Å². The second kappa shape index (κ2) is 5.20. The minimum absolute atomic E-state index is 0.166. The first-order valence-corrected chi connectivity index (χ1v) is 7.32. The van der Waals surface area contributed by atoms with Crippen LogP contribution in [0.15, 0.2) is 34.7 Å². The molecule has 1 aliphatic carbocycles. The number of carbonyl (C=O) groups is 1. The number of furan rings is 1. The predicted octanol–water partition coefficient (Wildman–Crippen LogP) is 4.83. The maximum atomic E-state index is 12.6. The van der Waals surface area contributed by atoms with Crippen molar-refractivity contribution < 1.29 is 9.21 Å².